The highest BCUT2D eigenvalue weighted by Crippen LogP contribution is 1.77. The summed E-state index contributed by atoms with van der Waals surface area (Å²) in [7, 11) is 0. The van der Waals surface area contributed by atoms with E-state index in [1.165, 1.54) is 0 Å². The van der Waals surface area contributed by atoms with Crippen molar-refractivity contribution in [2.75, 3.05) is 46.2 Å². The fourth-order valence-electron chi connectivity index (χ4n) is 0.705. The minimum absolute atomic E-state index is 0.00651. The van der Waals surface area contributed by atoms with Gasteiger partial charge in [-0.2, -0.15) is 0 Å². The largest absolute Gasteiger partial charge is 0.394 e. The Labute approximate surface area is 96.6 Å². The van der Waals surface area contributed by atoms with Crippen LogP contribution in [0.4, 0.5) is 0 Å². The van der Waals surface area contributed by atoms with Gasteiger partial charge in [0, 0.05) is 6.54 Å². The highest BCUT2D eigenvalue weighted by Gasteiger charge is 1.95. The number of carbonyl (C=O) groups is 1. The predicted molar refractivity (Wildman–Crippen MR) is 60.2 cm³/mol. The second kappa shape index (κ2) is 16.7. The van der Waals surface area contributed by atoms with E-state index < -0.39 is 12.5 Å². The quantitative estimate of drug-likeness (QED) is 0.454. The number of rotatable bonds is 9. The zero-order valence-electron chi connectivity index (χ0n) is 10.1. The fourth-order valence-corrected chi connectivity index (χ4v) is 0.705. The lowest BCUT2D eigenvalue weighted by Gasteiger charge is -2.05. The zero-order chi connectivity index (χ0) is 12.6. The summed E-state index contributed by atoms with van der Waals surface area (Å²) < 4.78 is 10.0. The third-order valence-electron chi connectivity index (χ3n) is 1.32. The van der Waals surface area contributed by atoms with Gasteiger partial charge in [0.05, 0.1) is 33.0 Å². The lowest BCUT2D eigenvalue weighted by Crippen LogP contribution is -2.29. The SMILES string of the molecule is CC.O=C(CO)NCCOCCOCCO. The van der Waals surface area contributed by atoms with Crippen molar-refractivity contribution in [2.45, 2.75) is 13.8 Å². The normalized spacial score (nSPS) is 9.25. The van der Waals surface area contributed by atoms with Crippen LogP contribution in [0, 0.1) is 0 Å². The van der Waals surface area contributed by atoms with Gasteiger partial charge in [-0.3, -0.25) is 4.79 Å². The summed E-state index contributed by atoms with van der Waals surface area (Å²) in [6.07, 6.45) is 0. The third-order valence-corrected chi connectivity index (χ3v) is 1.32. The summed E-state index contributed by atoms with van der Waals surface area (Å²) in [4.78, 5) is 10.5. The number of hydrogen-bond donors (Lipinski definition) is 3. The van der Waals surface area contributed by atoms with Crippen LogP contribution < -0.4 is 5.32 Å². The van der Waals surface area contributed by atoms with E-state index in [0.29, 0.717) is 33.0 Å². The van der Waals surface area contributed by atoms with E-state index in [4.69, 9.17) is 19.7 Å². The van der Waals surface area contributed by atoms with Crippen molar-refractivity contribution in [3.63, 3.8) is 0 Å². The molecule has 0 aliphatic heterocycles. The topological polar surface area (TPSA) is 88.0 Å². The molecule has 0 spiro atoms. The van der Waals surface area contributed by atoms with Crippen LogP contribution in [0.2, 0.25) is 0 Å². The van der Waals surface area contributed by atoms with Crippen molar-refractivity contribution in [3.05, 3.63) is 0 Å². The molecule has 0 atom stereocenters. The fraction of sp³-hybridized carbons (Fsp3) is 0.900. The molecule has 1 amide bonds. The van der Waals surface area contributed by atoms with Gasteiger partial charge in [0.1, 0.15) is 6.61 Å². The number of hydrogen-bond acceptors (Lipinski definition) is 5. The summed E-state index contributed by atoms with van der Waals surface area (Å²) in [5.74, 6) is -0.412. The Morgan fingerprint density at radius 2 is 1.62 bits per heavy atom. The molecule has 0 aromatic carbocycles. The van der Waals surface area contributed by atoms with Gasteiger partial charge in [-0.15, -0.1) is 0 Å². The molecule has 0 heterocycles. The second-order valence-corrected chi connectivity index (χ2v) is 2.46. The lowest BCUT2D eigenvalue weighted by molar-refractivity contribution is -0.124. The lowest BCUT2D eigenvalue weighted by atomic mass is 10.6. The Bertz CT molecular complexity index is 143. The van der Waals surface area contributed by atoms with Gasteiger partial charge < -0.3 is 25.0 Å². The molecular weight excluding hydrogens is 214 g/mol. The molecule has 0 fully saturated rings. The molecule has 3 N–H and O–H groups in total. The molecule has 0 saturated carbocycles. The smallest absolute Gasteiger partial charge is 0.245 e. The molecule has 0 rings (SSSR count). The average molecular weight is 237 g/mol. The van der Waals surface area contributed by atoms with E-state index in [-0.39, 0.29) is 6.61 Å². The van der Waals surface area contributed by atoms with E-state index in [0.717, 1.165) is 0 Å². The van der Waals surface area contributed by atoms with Crippen LogP contribution in [0.25, 0.3) is 0 Å². The van der Waals surface area contributed by atoms with E-state index in [2.05, 4.69) is 5.32 Å². The van der Waals surface area contributed by atoms with Crippen molar-refractivity contribution in [3.8, 4) is 0 Å². The number of carbonyl (C=O) groups excluding carboxylic acids is 1. The molecule has 6 nitrogen and oxygen atoms in total. The summed E-state index contributed by atoms with van der Waals surface area (Å²) in [6.45, 7) is 5.42. The van der Waals surface area contributed by atoms with Crippen LogP contribution in [-0.2, 0) is 14.3 Å². The highest BCUT2D eigenvalue weighted by atomic mass is 16.5. The van der Waals surface area contributed by atoms with Crippen molar-refractivity contribution in [1.82, 2.24) is 5.32 Å². The van der Waals surface area contributed by atoms with E-state index >= 15 is 0 Å². The minimum atomic E-state index is -0.500. The van der Waals surface area contributed by atoms with Crippen LogP contribution >= 0.6 is 0 Å². The molecule has 6 heteroatoms. The molecule has 98 valence electrons. The summed E-state index contributed by atoms with van der Waals surface area (Å²) >= 11 is 0. The van der Waals surface area contributed by atoms with Crippen molar-refractivity contribution in [1.29, 1.82) is 0 Å². The number of nitrogens with one attached hydrogen (secondary N) is 1. The monoisotopic (exact) mass is 237 g/mol. The third kappa shape index (κ3) is 15.8. The van der Waals surface area contributed by atoms with Crippen molar-refractivity contribution in [2.24, 2.45) is 0 Å². The van der Waals surface area contributed by atoms with Gasteiger partial charge in [0.15, 0.2) is 0 Å². The summed E-state index contributed by atoms with van der Waals surface area (Å²) in [5, 5.41) is 19.1. The molecule has 0 unspecified atom stereocenters. The molecule has 0 aliphatic rings. The molecule has 0 aromatic rings. The first-order chi connectivity index (χ1) is 7.81. The van der Waals surface area contributed by atoms with Crippen LogP contribution in [0.3, 0.4) is 0 Å². The Hall–Kier alpha value is -0.690. The number of ether oxygens (including phenoxy) is 2. The maximum absolute atomic E-state index is 10.5. The van der Waals surface area contributed by atoms with Crippen molar-refractivity contribution >= 4 is 5.91 Å². The van der Waals surface area contributed by atoms with Gasteiger partial charge in [-0.1, -0.05) is 13.8 Å². The van der Waals surface area contributed by atoms with Gasteiger partial charge in [-0.05, 0) is 0 Å². The van der Waals surface area contributed by atoms with Gasteiger partial charge in [-0.25, -0.2) is 0 Å². The first kappa shape index (κ1) is 17.7. The maximum Gasteiger partial charge on any atom is 0.245 e. The predicted octanol–water partition coefficient (Wildman–Crippen LogP) is -0.853. The summed E-state index contributed by atoms with van der Waals surface area (Å²) in [5.41, 5.74) is 0. The molecule has 0 bridgehead atoms. The number of aliphatic hydroxyl groups is 2. The number of aliphatic hydroxyl groups excluding tert-OH is 2. The van der Waals surface area contributed by atoms with E-state index in [1.807, 2.05) is 13.8 Å². The average Bonchev–Trinajstić information content (AvgIpc) is 2.34. The standard InChI is InChI=1S/C8H17NO5.C2H6/c10-2-4-14-6-5-13-3-1-9-8(12)7-11;1-2/h10-11H,1-7H2,(H,9,12);1-2H3. The Kier molecular flexibility index (Phi) is 18.5. The van der Waals surface area contributed by atoms with E-state index in [9.17, 15) is 4.79 Å². The van der Waals surface area contributed by atoms with Gasteiger partial charge in [0.2, 0.25) is 5.91 Å². The Balaban J connectivity index is 0. The maximum atomic E-state index is 10.5. The second-order valence-electron chi connectivity index (χ2n) is 2.46. The van der Waals surface area contributed by atoms with E-state index in [1.54, 1.807) is 0 Å². The molecule has 0 radical (unpaired) electrons. The first-order valence-corrected chi connectivity index (χ1v) is 5.45. The first-order valence-electron chi connectivity index (χ1n) is 5.45. The van der Waals surface area contributed by atoms with Gasteiger partial charge in [0.25, 0.3) is 0 Å². The molecule has 0 aromatic heterocycles. The van der Waals surface area contributed by atoms with Gasteiger partial charge >= 0.3 is 0 Å². The van der Waals surface area contributed by atoms with Crippen LogP contribution in [0.15, 0.2) is 0 Å². The van der Waals surface area contributed by atoms with Crippen molar-refractivity contribution < 1.29 is 24.5 Å². The van der Waals surface area contributed by atoms with Crippen LogP contribution in [0.5, 0.6) is 0 Å². The minimum Gasteiger partial charge on any atom is -0.394 e. The van der Waals surface area contributed by atoms with Crippen LogP contribution in [0.1, 0.15) is 13.8 Å². The molecule has 0 aliphatic carbocycles. The van der Waals surface area contributed by atoms with Crippen LogP contribution in [-0.4, -0.2) is 62.3 Å². The summed E-state index contributed by atoms with van der Waals surface area (Å²) in [6, 6.07) is 0. The molecule has 0 saturated heterocycles. The Morgan fingerprint density at radius 3 is 2.12 bits per heavy atom. The Morgan fingerprint density at radius 1 is 1.06 bits per heavy atom. The zero-order valence-corrected chi connectivity index (χ0v) is 10.1. The highest BCUT2D eigenvalue weighted by molar-refractivity contribution is 5.76. The molecule has 16 heavy (non-hydrogen) atoms. The molecular formula is C10H23NO5. The number of amides is 1.